The van der Waals surface area contributed by atoms with Crippen molar-refractivity contribution in [1.29, 1.82) is 0 Å². The normalized spacial score (nSPS) is 18.0. The van der Waals surface area contributed by atoms with E-state index < -0.39 is 24.0 Å². The second kappa shape index (κ2) is 7.57. The number of nitrogens with zero attached hydrogens (tertiary/aromatic N) is 1. The summed E-state index contributed by atoms with van der Waals surface area (Å²) >= 11 is 0. The highest BCUT2D eigenvalue weighted by Gasteiger charge is 2.35. The van der Waals surface area contributed by atoms with Gasteiger partial charge in [-0.15, -0.1) is 0 Å². The molecule has 2 heterocycles. The minimum absolute atomic E-state index is 0.155. The minimum atomic E-state index is -1.11. The van der Waals surface area contributed by atoms with E-state index in [2.05, 4.69) is 10.3 Å². The van der Waals surface area contributed by atoms with Gasteiger partial charge in [-0.25, -0.2) is 4.79 Å². The lowest BCUT2D eigenvalue weighted by Crippen LogP contribution is -2.52. The number of nitrogens with one attached hydrogen (secondary N) is 2. The number of benzene rings is 1. The molecule has 1 saturated heterocycles. The van der Waals surface area contributed by atoms with Crippen molar-refractivity contribution in [3.8, 4) is 0 Å². The van der Waals surface area contributed by atoms with Crippen LogP contribution in [0, 0.1) is 0 Å². The zero-order chi connectivity index (χ0) is 18.7. The number of aliphatic carboxylic acids is 1. The van der Waals surface area contributed by atoms with Crippen LogP contribution < -0.4 is 11.1 Å². The Morgan fingerprint density at radius 3 is 2.85 bits per heavy atom. The molecule has 8 heteroatoms. The van der Waals surface area contributed by atoms with E-state index >= 15 is 0 Å². The maximum atomic E-state index is 12.6. The molecular weight excluding hydrogens is 336 g/mol. The molecule has 0 saturated carbocycles. The SMILES string of the molecule is NCC(=O)N1CCC[C@H]1C(=O)N[C@@H](Cc1c[nH]c2ccccc12)C(=O)O. The van der Waals surface area contributed by atoms with Gasteiger partial charge in [-0.3, -0.25) is 9.59 Å². The van der Waals surface area contributed by atoms with Gasteiger partial charge in [0.15, 0.2) is 0 Å². The highest BCUT2D eigenvalue weighted by Crippen LogP contribution is 2.20. The van der Waals surface area contributed by atoms with Crippen LogP contribution in [0.4, 0.5) is 0 Å². The van der Waals surface area contributed by atoms with Crippen molar-refractivity contribution < 1.29 is 19.5 Å². The molecule has 2 atom stereocenters. The number of amides is 2. The Labute approximate surface area is 150 Å². The lowest BCUT2D eigenvalue weighted by Gasteiger charge is -2.25. The Bertz CT molecular complexity index is 831. The molecule has 0 aliphatic carbocycles. The van der Waals surface area contributed by atoms with Gasteiger partial charge in [0.2, 0.25) is 11.8 Å². The molecule has 0 spiro atoms. The molecular formula is C18H22N4O4. The number of nitrogens with two attached hydrogens (primary N) is 1. The fraction of sp³-hybridized carbons (Fsp3) is 0.389. The fourth-order valence-electron chi connectivity index (χ4n) is 3.44. The van der Waals surface area contributed by atoms with Crippen LogP contribution in [0.1, 0.15) is 18.4 Å². The lowest BCUT2D eigenvalue weighted by atomic mass is 10.0. The van der Waals surface area contributed by atoms with Crippen molar-refractivity contribution in [2.45, 2.75) is 31.3 Å². The molecule has 8 nitrogen and oxygen atoms in total. The van der Waals surface area contributed by atoms with E-state index in [0.29, 0.717) is 19.4 Å². The highest BCUT2D eigenvalue weighted by atomic mass is 16.4. The van der Waals surface area contributed by atoms with Gasteiger partial charge in [0.05, 0.1) is 6.54 Å². The topological polar surface area (TPSA) is 129 Å². The smallest absolute Gasteiger partial charge is 0.326 e. The summed E-state index contributed by atoms with van der Waals surface area (Å²) in [6, 6.07) is 5.85. The molecule has 0 bridgehead atoms. The van der Waals surface area contributed by atoms with Crippen LogP contribution in [0.15, 0.2) is 30.5 Å². The number of carboxylic acid groups (broad SMARTS) is 1. The van der Waals surface area contributed by atoms with Crippen LogP contribution in [0.2, 0.25) is 0 Å². The molecule has 0 unspecified atom stereocenters. The van der Waals surface area contributed by atoms with Crippen LogP contribution in [-0.4, -0.2) is 57.9 Å². The highest BCUT2D eigenvalue weighted by molar-refractivity contribution is 5.92. The maximum Gasteiger partial charge on any atom is 0.326 e. The number of rotatable bonds is 6. The first kappa shape index (κ1) is 17.9. The van der Waals surface area contributed by atoms with E-state index in [9.17, 15) is 19.5 Å². The third kappa shape index (κ3) is 3.55. The average Bonchev–Trinajstić information content (AvgIpc) is 3.27. The van der Waals surface area contributed by atoms with Gasteiger partial charge in [0.25, 0.3) is 0 Å². The van der Waals surface area contributed by atoms with E-state index in [-0.39, 0.29) is 18.9 Å². The van der Waals surface area contributed by atoms with Crippen LogP contribution in [-0.2, 0) is 20.8 Å². The van der Waals surface area contributed by atoms with Crippen molar-refractivity contribution in [3.63, 3.8) is 0 Å². The second-order valence-electron chi connectivity index (χ2n) is 6.41. The summed E-state index contributed by atoms with van der Waals surface area (Å²) < 4.78 is 0. The number of para-hydroxylation sites is 1. The van der Waals surface area contributed by atoms with Gasteiger partial charge in [0.1, 0.15) is 12.1 Å². The Morgan fingerprint density at radius 2 is 2.12 bits per heavy atom. The summed E-state index contributed by atoms with van der Waals surface area (Å²) in [5.41, 5.74) is 7.11. The van der Waals surface area contributed by atoms with Crippen molar-refractivity contribution in [1.82, 2.24) is 15.2 Å². The molecule has 1 fully saturated rings. The van der Waals surface area contributed by atoms with Crippen molar-refractivity contribution in [2.75, 3.05) is 13.1 Å². The molecule has 1 aliphatic rings. The third-order valence-electron chi connectivity index (χ3n) is 4.76. The Hall–Kier alpha value is -2.87. The standard InChI is InChI=1S/C18H22N4O4/c19-9-16(23)22-7-3-6-15(22)17(24)21-14(18(25)26)8-11-10-20-13-5-2-1-4-12(11)13/h1-2,4-5,10,14-15,20H,3,6-9,19H2,(H,21,24)(H,25,26)/t14-,15-/m0/s1. The Kier molecular flexibility index (Phi) is 5.22. The summed E-state index contributed by atoms with van der Waals surface area (Å²) in [6.45, 7) is 0.301. The molecule has 1 aromatic carbocycles. The van der Waals surface area contributed by atoms with Crippen molar-refractivity contribution in [3.05, 3.63) is 36.0 Å². The Morgan fingerprint density at radius 1 is 1.35 bits per heavy atom. The van der Waals surface area contributed by atoms with Gasteiger partial charge in [-0.1, -0.05) is 18.2 Å². The summed E-state index contributed by atoms with van der Waals surface area (Å²) in [7, 11) is 0. The van der Waals surface area contributed by atoms with E-state index in [4.69, 9.17) is 5.73 Å². The fourth-order valence-corrected chi connectivity index (χ4v) is 3.44. The maximum absolute atomic E-state index is 12.6. The van der Waals surface area contributed by atoms with Crippen LogP contribution in [0.3, 0.4) is 0 Å². The number of aromatic amines is 1. The molecule has 138 valence electrons. The monoisotopic (exact) mass is 358 g/mol. The quantitative estimate of drug-likeness (QED) is 0.587. The first-order valence-electron chi connectivity index (χ1n) is 8.59. The lowest BCUT2D eigenvalue weighted by molar-refractivity contribution is -0.143. The zero-order valence-corrected chi connectivity index (χ0v) is 14.3. The molecule has 2 amide bonds. The zero-order valence-electron chi connectivity index (χ0n) is 14.3. The number of fused-ring (bicyclic) bond motifs is 1. The number of aromatic nitrogens is 1. The number of carbonyl (C=O) groups excluding carboxylic acids is 2. The molecule has 3 rings (SSSR count). The van der Waals surface area contributed by atoms with E-state index in [1.165, 1.54) is 4.90 Å². The molecule has 0 radical (unpaired) electrons. The molecule has 1 aliphatic heterocycles. The van der Waals surface area contributed by atoms with Gasteiger partial charge >= 0.3 is 5.97 Å². The number of carboxylic acids is 1. The number of hydrogen-bond donors (Lipinski definition) is 4. The van der Waals surface area contributed by atoms with E-state index in [1.54, 1.807) is 6.20 Å². The second-order valence-corrected chi connectivity index (χ2v) is 6.41. The van der Waals surface area contributed by atoms with Crippen molar-refractivity contribution in [2.24, 2.45) is 5.73 Å². The minimum Gasteiger partial charge on any atom is -0.480 e. The largest absolute Gasteiger partial charge is 0.480 e. The number of carbonyl (C=O) groups is 3. The predicted octanol–water partition coefficient (Wildman–Crippen LogP) is 0.230. The van der Waals surface area contributed by atoms with E-state index in [0.717, 1.165) is 16.5 Å². The molecule has 1 aromatic heterocycles. The predicted molar refractivity (Wildman–Crippen MR) is 95.4 cm³/mol. The van der Waals surface area contributed by atoms with Crippen LogP contribution >= 0.6 is 0 Å². The molecule has 2 aromatic rings. The summed E-state index contributed by atoms with van der Waals surface area (Å²) in [4.78, 5) is 40.6. The van der Waals surface area contributed by atoms with Gasteiger partial charge in [0, 0.05) is 30.1 Å². The van der Waals surface area contributed by atoms with Gasteiger partial charge in [-0.2, -0.15) is 0 Å². The van der Waals surface area contributed by atoms with Gasteiger partial charge in [-0.05, 0) is 24.5 Å². The number of H-pyrrole nitrogens is 1. The molecule has 5 N–H and O–H groups in total. The van der Waals surface area contributed by atoms with E-state index in [1.807, 2.05) is 24.3 Å². The summed E-state index contributed by atoms with van der Waals surface area (Å²) in [6.07, 6.45) is 3.12. The number of likely N-dealkylation sites (tertiary alicyclic amines) is 1. The third-order valence-corrected chi connectivity index (χ3v) is 4.76. The summed E-state index contributed by atoms with van der Waals surface area (Å²) in [5.74, 6) is -1.86. The first-order chi connectivity index (χ1) is 12.5. The van der Waals surface area contributed by atoms with Crippen LogP contribution in [0.25, 0.3) is 10.9 Å². The van der Waals surface area contributed by atoms with Gasteiger partial charge < -0.3 is 26.0 Å². The number of hydrogen-bond acceptors (Lipinski definition) is 4. The summed E-state index contributed by atoms with van der Waals surface area (Å²) in [5, 5.41) is 13.0. The average molecular weight is 358 g/mol. The Balaban J connectivity index is 1.73. The van der Waals surface area contributed by atoms with Crippen molar-refractivity contribution >= 4 is 28.7 Å². The van der Waals surface area contributed by atoms with Crippen LogP contribution in [0.5, 0.6) is 0 Å². The molecule has 26 heavy (non-hydrogen) atoms. The first-order valence-corrected chi connectivity index (χ1v) is 8.59.